The van der Waals surface area contributed by atoms with Crippen molar-refractivity contribution >= 4 is 10.0 Å². The van der Waals surface area contributed by atoms with E-state index in [9.17, 15) is 18.1 Å². The number of sulfonamides is 1. The Morgan fingerprint density at radius 2 is 1.95 bits per heavy atom. The van der Waals surface area contributed by atoms with E-state index in [2.05, 4.69) is 17.7 Å². The molecule has 1 aromatic carbocycles. The fourth-order valence-corrected chi connectivity index (χ4v) is 3.92. The van der Waals surface area contributed by atoms with Crippen LogP contribution in [0.4, 0.5) is 4.39 Å². The van der Waals surface area contributed by atoms with Crippen molar-refractivity contribution in [2.45, 2.75) is 43.0 Å². The molecule has 6 heteroatoms. The minimum atomic E-state index is -4.03. The molecule has 0 heterocycles. The van der Waals surface area contributed by atoms with Crippen LogP contribution in [0.3, 0.4) is 0 Å². The Morgan fingerprint density at radius 1 is 1.35 bits per heavy atom. The first-order chi connectivity index (χ1) is 9.38. The lowest BCUT2D eigenvalue weighted by molar-refractivity contribution is 0.277. The predicted molar refractivity (Wildman–Crippen MR) is 72.7 cm³/mol. The van der Waals surface area contributed by atoms with E-state index in [0.717, 1.165) is 18.9 Å². The third-order valence-corrected chi connectivity index (χ3v) is 5.37. The summed E-state index contributed by atoms with van der Waals surface area (Å²) in [6.45, 7) is 2.08. The van der Waals surface area contributed by atoms with E-state index < -0.39 is 26.3 Å². The smallest absolute Gasteiger partial charge is 0.207 e. The lowest BCUT2D eigenvalue weighted by Gasteiger charge is -2.34. The number of nitrogens with one attached hydrogen (secondary N) is 1. The Bertz CT molecular complexity index is 629. The van der Waals surface area contributed by atoms with Gasteiger partial charge in [-0.15, -0.1) is 0 Å². The van der Waals surface area contributed by atoms with Crippen molar-refractivity contribution in [1.82, 2.24) is 4.72 Å². The van der Waals surface area contributed by atoms with Gasteiger partial charge in [0, 0.05) is 0 Å². The zero-order chi connectivity index (χ0) is 14.8. The topological polar surface area (TPSA) is 70.0 Å². The molecule has 20 heavy (non-hydrogen) atoms. The van der Waals surface area contributed by atoms with E-state index in [1.54, 1.807) is 0 Å². The van der Waals surface area contributed by atoms with Gasteiger partial charge in [0.1, 0.15) is 16.3 Å². The quantitative estimate of drug-likeness (QED) is 0.932. The molecule has 1 aliphatic rings. The first kappa shape index (κ1) is 14.9. The molecule has 108 valence electrons. The van der Waals surface area contributed by atoms with E-state index in [0.29, 0.717) is 18.8 Å². The van der Waals surface area contributed by atoms with Gasteiger partial charge in [-0.05, 0) is 43.7 Å². The highest BCUT2D eigenvalue weighted by Crippen LogP contribution is 2.32. The summed E-state index contributed by atoms with van der Waals surface area (Å²) in [5, 5.41) is 9.34. The SMILES string of the molecule is CC1CCC(C#N)(NS(=O)(=O)c2ccccc2F)CC1. The molecular weight excluding hydrogens is 279 g/mol. The molecule has 0 aromatic heterocycles. The van der Waals surface area contributed by atoms with Crippen LogP contribution in [-0.2, 0) is 10.0 Å². The first-order valence-corrected chi connectivity index (χ1v) is 8.07. The highest BCUT2D eigenvalue weighted by atomic mass is 32.2. The molecule has 0 atom stereocenters. The molecule has 0 unspecified atom stereocenters. The van der Waals surface area contributed by atoms with Crippen LogP contribution in [0.15, 0.2) is 29.2 Å². The molecule has 0 radical (unpaired) electrons. The van der Waals surface area contributed by atoms with Gasteiger partial charge in [-0.1, -0.05) is 19.1 Å². The number of hydrogen-bond donors (Lipinski definition) is 1. The second-order valence-corrected chi connectivity index (χ2v) is 7.06. The number of halogens is 1. The highest BCUT2D eigenvalue weighted by Gasteiger charge is 2.38. The average molecular weight is 296 g/mol. The van der Waals surface area contributed by atoms with E-state index in [1.807, 2.05) is 0 Å². The largest absolute Gasteiger partial charge is 0.244 e. The zero-order valence-corrected chi connectivity index (χ0v) is 12.1. The number of benzene rings is 1. The summed E-state index contributed by atoms with van der Waals surface area (Å²) in [6.07, 6.45) is 2.48. The normalized spacial score (nSPS) is 26.9. The van der Waals surface area contributed by atoms with Crippen LogP contribution in [0.5, 0.6) is 0 Å². The standard InChI is InChI=1S/C14H17FN2O2S/c1-11-6-8-14(10-16,9-7-11)17-20(18,19)13-5-3-2-4-12(13)15/h2-5,11,17H,6-9H2,1H3. The van der Waals surface area contributed by atoms with Crippen molar-refractivity contribution in [3.05, 3.63) is 30.1 Å². The molecular formula is C14H17FN2O2S. The van der Waals surface area contributed by atoms with Crippen molar-refractivity contribution in [2.24, 2.45) is 5.92 Å². The maximum absolute atomic E-state index is 13.6. The summed E-state index contributed by atoms with van der Waals surface area (Å²) in [7, 11) is -4.03. The molecule has 1 aromatic rings. The van der Waals surface area contributed by atoms with Gasteiger partial charge < -0.3 is 0 Å². The monoisotopic (exact) mass is 296 g/mol. The van der Waals surface area contributed by atoms with Crippen molar-refractivity contribution in [3.63, 3.8) is 0 Å². The molecule has 0 spiro atoms. The number of nitrogens with zero attached hydrogens (tertiary/aromatic N) is 1. The molecule has 1 saturated carbocycles. The first-order valence-electron chi connectivity index (χ1n) is 6.58. The van der Waals surface area contributed by atoms with Crippen LogP contribution in [0.1, 0.15) is 32.6 Å². The van der Waals surface area contributed by atoms with Gasteiger partial charge >= 0.3 is 0 Å². The summed E-state index contributed by atoms with van der Waals surface area (Å²) in [5.74, 6) is -0.327. The number of rotatable bonds is 3. The van der Waals surface area contributed by atoms with Gasteiger partial charge in [-0.3, -0.25) is 0 Å². The fraction of sp³-hybridized carbons (Fsp3) is 0.500. The minimum Gasteiger partial charge on any atom is -0.207 e. The predicted octanol–water partition coefficient (Wildman–Crippen LogP) is 2.58. The van der Waals surface area contributed by atoms with Gasteiger partial charge in [-0.25, -0.2) is 12.8 Å². The minimum absolute atomic E-state index is 0.409. The summed E-state index contributed by atoms with van der Waals surface area (Å²) in [6, 6.07) is 7.25. The van der Waals surface area contributed by atoms with Crippen molar-refractivity contribution in [1.29, 1.82) is 5.26 Å². The highest BCUT2D eigenvalue weighted by molar-refractivity contribution is 7.89. The molecule has 1 fully saturated rings. The maximum Gasteiger partial charge on any atom is 0.244 e. The molecule has 4 nitrogen and oxygen atoms in total. The van der Waals surface area contributed by atoms with Gasteiger partial charge in [0.2, 0.25) is 10.0 Å². The third-order valence-electron chi connectivity index (χ3n) is 3.80. The second-order valence-electron chi connectivity index (χ2n) is 5.41. The molecule has 0 saturated heterocycles. The van der Waals surface area contributed by atoms with Crippen LogP contribution < -0.4 is 4.72 Å². The van der Waals surface area contributed by atoms with Crippen molar-refractivity contribution < 1.29 is 12.8 Å². The van der Waals surface area contributed by atoms with Crippen LogP contribution in [0.25, 0.3) is 0 Å². The molecule has 1 aliphatic carbocycles. The lowest BCUT2D eigenvalue weighted by Crippen LogP contribution is -2.49. The van der Waals surface area contributed by atoms with Gasteiger partial charge in [0.15, 0.2) is 0 Å². The van der Waals surface area contributed by atoms with Crippen LogP contribution in [0.2, 0.25) is 0 Å². The Labute approximate surface area is 118 Å². The number of hydrogen-bond acceptors (Lipinski definition) is 3. The molecule has 0 bridgehead atoms. The summed E-state index contributed by atoms with van der Waals surface area (Å²) >= 11 is 0. The molecule has 2 rings (SSSR count). The Hall–Kier alpha value is -1.45. The van der Waals surface area contributed by atoms with Crippen LogP contribution in [-0.4, -0.2) is 14.0 Å². The summed E-state index contributed by atoms with van der Waals surface area (Å²) in [4.78, 5) is -0.409. The zero-order valence-electron chi connectivity index (χ0n) is 11.3. The van der Waals surface area contributed by atoms with Crippen molar-refractivity contribution in [2.75, 3.05) is 0 Å². The molecule has 0 amide bonds. The third kappa shape index (κ3) is 3.00. The van der Waals surface area contributed by atoms with Gasteiger partial charge in [-0.2, -0.15) is 9.98 Å². The average Bonchev–Trinajstić information content (AvgIpc) is 2.42. The molecule has 1 N–H and O–H groups in total. The van der Waals surface area contributed by atoms with Crippen LogP contribution >= 0.6 is 0 Å². The van der Waals surface area contributed by atoms with Gasteiger partial charge in [0.25, 0.3) is 0 Å². The van der Waals surface area contributed by atoms with Crippen LogP contribution in [0, 0.1) is 23.1 Å². The Balaban J connectivity index is 2.28. The lowest BCUT2D eigenvalue weighted by atomic mass is 9.79. The van der Waals surface area contributed by atoms with E-state index in [4.69, 9.17) is 0 Å². The second kappa shape index (κ2) is 5.51. The fourth-order valence-electron chi connectivity index (χ4n) is 2.47. The number of nitriles is 1. The van der Waals surface area contributed by atoms with E-state index >= 15 is 0 Å². The molecule has 0 aliphatic heterocycles. The van der Waals surface area contributed by atoms with Crippen molar-refractivity contribution in [3.8, 4) is 6.07 Å². The van der Waals surface area contributed by atoms with E-state index in [-0.39, 0.29) is 0 Å². The van der Waals surface area contributed by atoms with Gasteiger partial charge in [0.05, 0.1) is 6.07 Å². The maximum atomic E-state index is 13.6. The summed E-state index contributed by atoms with van der Waals surface area (Å²) in [5.41, 5.74) is -1.12. The van der Waals surface area contributed by atoms with E-state index in [1.165, 1.54) is 18.2 Å². The Kier molecular flexibility index (Phi) is 4.11. The summed E-state index contributed by atoms with van der Waals surface area (Å²) < 4.78 is 40.6. The Morgan fingerprint density at radius 3 is 2.50 bits per heavy atom.